The van der Waals surface area contributed by atoms with Gasteiger partial charge in [-0.15, -0.1) is 0 Å². The molecule has 0 aliphatic carbocycles. The highest BCUT2D eigenvalue weighted by molar-refractivity contribution is 14.1. The van der Waals surface area contributed by atoms with E-state index in [9.17, 15) is 19.2 Å². The van der Waals surface area contributed by atoms with Crippen LogP contribution in [0.5, 0.6) is 11.5 Å². The van der Waals surface area contributed by atoms with E-state index in [2.05, 4.69) is 5.32 Å². The number of nitrogens with one attached hydrogen (secondary N) is 1. The van der Waals surface area contributed by atoms with Crippen molar-refractivity contribution < 1.29 is 42.9 Å². The molecule has 0 aromatic heterocycles. The molecule has 1 atom stereocenters. The van der Waals surface area contributed by atoms with Crippen LogP contribution in [-0.2, 0) is 30.2 Å². The molecule has 1 unspecified atom stereocenters. The predicted octanol–water partition coefficient (Wildman–Crippen LogP) is 4.14. The molecule has 0 saturated carbocycles. The molecule has 0 fully saturated rings. The molecule has 1 N–H and O–H groups in total. The summed E-state index contributed by atoms with van der Waals surface area (Å²) in [4.78, 5) is 47.6. The van der Waals surface area contributed by atoms with Crippen molar-refractivity contribution in [2.45, 2.75) is 72.1 Å². The maximum Gasteiger partial charge on any atom is 0.514 e. The van der Waals surface area contributed by atoms with Gasteiger partial charge in [0.05, 0.1) is 6.61 Å². The van der Waals surface area contributed by atoms with Gasteiger partial charge in [-0.05, 0) is 88.8 Å². The number of benzene rings is 1. The Labute approximate surface area is 206 Å². The SMILES string of the molecule is CCOC(=O)C(Cc1cc(OC(=O)OC(C)(C)C)c(OC(=O)OC(C)(C)C)cc1I)NC=O. The van der Waals surface area contributed by atoms with Gasteiger partial charge in [-0.3, -0.25) is 4.79 Å². The van der Waals surface area contributed by atoms with Gasteiger partial charge in [-0.1, -0.05) is 0 Å². The zero-order valence-corrected chi connectivity index (χ0v) is 21.9. The molecule has 1 aromatic rings. The molecule has 0 spiro atoms. The van der Waals surface area contributed by atoms with Crippen LogP contribution < -0.4 is 14.8 Å². The summed E-state index contributed by atoms with van der Waals surface area (Å²) in [5.41, 5.74) is -1.10. The summed E-state index contributed by atoms with van der Waals surface area (Å²) in [5, 5.41) is 2.41. The van der Waals surface area contributed by atoms with Gasteiger partial charge in [0.1, 0.15) is 17.2 Å². The van der Waals surface area contributed by atoms with E-state index in [0.29, 0.717) is 15.5 Å². The molecule has 0 bridgehead atoms. The van der Waals surface area contributed by atoms with Crippen LogP contribution in [0.2, 0.25) is 0 Å². The normalized spacial score (nSPS) is 12.2. The summed E-state index contributed by atoms with van der Waals surface area (Å²) in [5.74, 6) is -0.831. The lowest BCUT2D eigenvalue weighted by molar-refractivity contribution is -0.146. The molecule has 11 heteroatoms. The third-order valence-corrected chi connectivity index (χ3v) is 4.55. The highest BCUT2D eigenvalue weighted by atomic mass is 127. The Morgan fingerprint density at radius 2 is 1.45 bits per heavy atom. The van der Waals surface area contributed by atoms with Crippen LogP contribution in [0.25, 0.3) is 0 Å². The molecule has 0 aliphatic rings. The smallest absolute Gasteiger partial charge is 0.464 e. The van der Waals surface area contributed by atoms with Crippen molar-refractivity contribution in [2.24, 2.45) is 0 Å². The molecule has 10 nitrogen and oxygen atoms in total. The van der Waals surface area contributed by atoms with E-state index in [4.69, 9.17) is 23.7 Å². The Morgan fingerprint density at radius 3 is 1.88 bits per heavy atom. The number of carbonyl (C=O) groups excluding carboxylic acids is 4. The number of hydrogen-bond acceptors (Lipinski definition) is 9. The third kappa shape index (κ3) is 10.7. The largest absolute Gasteiger partial charge is 0.514 e. The van der Waals surface area contributed by atoms with Crippen LogP contribution in [-0.4, -0.2) is 48.5 Å². The number of hydrogen-bond donors (Lipinski definition) is 1. The second kappa shape index (κ2) is 12.1. The molecular weight excluding hydrogens is 549 g/mol. The highest BCUT2D eigenvalue weighted by Crippen LogP contribution is 2.34. The van der Waals surface area contributed by atoms with Crippen LogP contribution in [0.4, 0.5) is 9.59 Å². The van der Waals surface area contributed by atoms with Crippen LogP contribution in [0.3, 0.4) is 0 Å². The van der Waals surface area contributed by atoms with Gasteiger partial charge >= 0.3 is 18.3 Å². The second-order valence-corrected chi connectivity index (χ2v) is 9.98. The Bertz CT molecular complexity index is 872. The molecular formula is C22H30INO9. The van der Waals surface area contributed by atoms with Gasteiger partial charge in [0, 0.05) is 9.99 Å². The van der Waals surface area contributed by atoms with Crippen molar-refractivity contribution >= 4 is 47.3 Å². The van der Waals surface area contributed by atoms with Crippen molar-refractivity contribution in [3.05, 3.63) is 21.3 Å². The van der Waals surface area contributed by atoms with Crippen LogP contribution in [0.15, 0.2) is 12.1 Å². The van der Waals surface area contributed by atoms with Gasteiger partial charge in [0.15, 0.2) is 11.5 Å². The lowest BCUT2D eigenvalue weighted by Gasteiger charge is -2.22. The predicted molar refractivity (Wildman–Crippen MR) is 126 cm³/mol. The average molecular weight is 579 g/mol. The Morgan fingerprint density at radius 1 is 0.970 bits per heavy atom. The standard InChI is InChI=1S/C22H30INO9/c1-8-29-18(26)15(24-12-25)9-13-10-16(30-19(27)32-21(2,3)4)17(11-14(13)23)31-20(28)33-22(5,6)7/h10-12,15H,8-9H2,1-7H3,(H,24,25). The van der Waals surface area contributed by atoms with Crippen molar-refractivity contribution in [2.75, 3.05) is 6.61 Å². The Hall–Kier alpha value is -2.57. The van der Waals surface area contributed by atoms with E-state index in [0.717, 1.165) is 0 Å². The fourth-order valence-electron chi connectivity index (χ4n) is 2.37. The first-order chi connectivity index (χ1) is 15.1. The first kappa shape index (κ1) is 28.5. The minimum Gasteiger partial charge on any atom is -0.464 e. The lowest BCUT2D eigenvalue weighted by Crippen LogP contribution is -2.39. The molecule has 0 aliphatic heterocycles. The maximum atomic E-state index is 12.3. The summed E-state index contributed by atoms with van der Waals surface area (Å²) in [6.07, 6.45) is -1.58. The topological polar surface area (TPSA) is 126 Å². The van der Waals surface area contributed by atoms with Crippen molar-refractivity contribution in [3.63, 3.8) is 0 Å². The minimum atomic E-state index is -1.02. The van der Waals surface area contributed by atoms with E-state index in [-0.39, 0.29) is 24.5 Å². The Kier molecular flexibility index (Phi) is 10.4. The van der Waals surface area contributed by atoms with Crippen LogP contribution in [0.1, 0.15) is 54.0 Å². The zero-order valence-electron chi connectivity index (χ0n) is 19.8. The summed E-state index contributed by atoms with van der Waals surface area (Å²) in [6, 6.07) is 1.90. The van der Waals surface area contributed by atoms with Crippen LogP contribution in [0, 0.1) is 3.57 Å². The Balaban J connectivity index is 3.32. The molecule has 33 heavy (non-hydrogen) atoms. The van der Waals surface area contributed by atoms with E-state index >= 15 is 0 Å². The van der Waals surface area contributed by atoms with E-state index in [1.807, 2.05) is 22.6 Å². The summed E-state index contributed by atoms with van der Waals surface area (Å²) in [6.45, 7) is 11.8. The van der Waals surface area contributed by atoms with Gasteiger partial charge < -0.3 is 29.0 Å². The minimum absolute atomic E-state index is 0.0350. The summed E-state index contributed by atoms with van der Waals surface area (Å²) in [7, 11) is 0. The zero-order chi connectivity index (χ0) is 25.4. The summed E-state index contributed by atoms with van der Waals surface area (Å²) >= 11 is 1.97. The number of carbonyl (C=O) groups is 4. The number of ether oxygens (including phenoxy) is 5. The van der Waals surface area contributed by atoms with Gasteiger partial charge in [-0.25, -0.2) is 14.4 Å². The van der Waals surface area contributed by atoms with E-state index in [1.54, 1.807) is 48.5 Å². The van der Waals surface area contributed by atoms with Gasteiger partial charge in [0.2, 0.25) is 6.41 Å². The highest BCUT2D eigenvalue weighted by Gasteiger charge is 2.26. The number of halogens is 1. The maximum absolute atomic E-state index is 12.3. The third-order valence-electron chi connectivity index (χ3n) is 3.54. The average Bonchev–Trinajstić information content (AvgIpc) is 2.61. The monoisotopic (exact) mass is 579 g/mol. The number of amides is 1. The van der Waals surface area contributed by atoms with Crippen LogP contribution >= 0.6 is 22.6 Å². The fraction of sp³-hybridized carbons (Fsp3) is 0.545. The first-order valence-electron chi connectivity index (χ1n) is 10.2. The van der Waals surface area contributed by atoms with Gasteiger partial charge in [-0.2, -0.15) is 0 Å². The fourth-order valence-corrected chi connectivity index (χ4v) is 3.03. The molecule has 1 rings (SSSR count). The second-order valence-electron chi connectivity index (χ2n) is 8.82. The van der Waals surface area contributed by atoms with Gasteiger partial charge in [0.25, 0.3) is 0 Å². The molecule has 0 heterocycles. The summed E-state index contributed by atoms with van der Waals surface area (Å²) < 4.78 is 26.5. The van der Waals surface area contributed by atoms with Crippen molar-refractivity contribution in [1.82, 2.24) is 5.32 Å². The first-order valence-corrected chi connectivity index (χ1v) is 11.2. The number of rotatable bonds is 8. The van der Waals surface area contributed by atoms with E-state index < -0.39 is 35.5 Å². The quantitative estimate of drug-likeness (QED) is 0.159. The molecule has 184 valence electrons. The molecule has 1 amide bonds. The van der Waals surface area contributed by atoms with E-state index in [1.165, 1.54) is 12.1 Å². The lowest BCUT2D eigenvalue weighted by atomic mass is 10.1. The van der Waals surface area contributed by atoms with Crippen molar-refractivity contribution in [3.8, 4) is 11.5 Å². The molecule has 0 saturated heterocycles. The molecule has 1 aromatic carbocycles. The number of esters is 1. The van der Waals surface area contributed by atoms with Crippen molar-refractivity contribution in [1.29, 1.82) is 0 Å². The molecule has 0 radical (unpaired) electrons.